The fourth-order valence-electron chi connectivity index (χ4n) is 3.48. The smallest absolute Gasteiger partial charge is 0.328 e. The van der Waals surface area contributed by atoms with Crippen molar-refractivity contribution in [1.29, 1.82) is 0 Å². The minimum absolute atomic E-state index is 0.185. The van der Waals surface area contributed by atoms with E-state index in [0.29, 0.717) is 12.8 Å². The molecular weight excluding hydrogens is 424 g/mol. The highest BCUT2D eigenvalue weighted by Gasteiger charge is 2.28. The Hall–Kier alpha value is -2.09. The average Bonchev–Trinajstić information content (AvgIpc) is 2.77. The Balaban J connectivity index is 4.52. The Morgan fingerprint density at radius 2 is 1.21 bits per heavy atom. The summed E-state index contributed by atoms with van der Waals surface area (Å²) in [6.45, 7) is 5.38. The Morgan fingerprint density at radius 1 is 0.727 bits per heavy atom. The number of carboxylic acid groups (broad SMARTS) is 1. The monoisotopic (exact) mass is 470 g/mol. The Morgan fingerprint density at radius 3 is 1.67 bits per heavy atom. The van der Waals surface area contributed by atoms with Crippen LogP contribution in [-0.4, -0.2) is 45.2 Å². The molecule has 33 heavy (non-hydrogen) atoms. The van der Waals surface area contributed by atoms with Crippen molar-refractivity contribution in [2.45, 2.75) is 129 Å². The first-order chi connectivity index (χ1) is 15.7. The summed E-state index contributed by atoms with van der Waals surface area (Å²) in [6.07, 6.45) is 13.2. The highest BCUT2D eigenvalue weighted by Crippen LogP contribution is 2.13. The van der Waals surface area contributed by atoms with Crippen LogP contribution in [0.1, 0.15) is 117 Å². The first-order valence-electron chi connectivity index (χ1n) is 12.7. The van der Waals surface area contributed by atoms with Gasteiger partial charge in [-0.15, -0.1) is 0 Å². The number of amides is 2. The molecule has 0 aromatic carbocycles. The van der Waals surface area contributed by atoms with E-state index in [0.717, 1.165) is 25.7 Å². The van der Waals surface area contributed by atoms with Gasteiger partial charge in [0.05, 0.1) is 6.10 Å². The van der Waals surface area contributed by atoms with E-state index in [1.54, 1.807) is 0 Å². The molecule has 0 bridgehead atoms. The number of rotatable bonds is 20. The summed E-state index contributed by atoms with van der Waals surface area (Å²) in [6, 6.07) is -1.55. The molecule has 8 heteroatoms. The van der Waals surface area contributed by atoms with Gasteiger partial charge >= 0.3 is 5.97 Å². The van der Waals surface area contributed by atoms with E-state index >= 15 is 0 Å². The Labute approximate surface area is 199 Å². The van der Waals surface area contributed by atoms with Crippen LogP contribution in [0.2, 0.25) is 0 Å². The van der Waals surface area contributed by atoms with Gasteiger partial charge in [0, 0.05) is 12.8 Å². The lowest BCUT2D eigenvalue weighted by molar-refractivity contribution is -0.144. The lowest BCUT2D eigenvalue weighted by Gasteiger charge is -2.19. The van der Waals surface area contributed by atoms with Crippen LogP contribution in [0.5, 0.6) is 0 Å². The van der Waals surface area contributed by atoms with Gasteiger partial charge < -0.3 is 26.0 Å². The molecular formula is C25H46N2O6. The van der Waals surface area contributed by atoms with Gasteiger partial charge in [-0.2, -0.15) is 0 Å². The highest BCUT2D eigenvalue weighted by molar-refractivity contribution is 5.99. The topological polar surface area (TPSA) is 136 Å². The molecule has 0 heterocycles. The fraction of sp³-hybridized carbons (Fsp3) is 0.800. The predicted molar refractivity (Wildman–Crippen MR) is 130 cm³/mol. The molecule has 0 aromatic rings. The molecule has 0 aliphatic carbocycles. The van der Waals surface area contributed by atoms with Gasteiger partial charge in [-0.25, -0.2) is 4.79 Å². The summed E-state index contributed by atoms with van der Waals surface area (Å²) in [5, 5.41) is 33.7. The standard InChI is InChI=1S/C25H46N2O6/c1-4-6-8-9-10-11-12-13-14-15-16-18-21(30)26-23(20(29)17-7-5-2)24(31)27-22(19(3)28)25(32)33/h19,22,28-29H,4-18H2,1-3H3,(H,26,30)(H,27,31)(H,32,33). The number of aliphatic hydroxyl groups is 2. The Kier molecular flexibility index (Phi) is 18.2. The first-order valence-corrected chi connectivity index (χ1v) is 12.7. The number of carboxylic acids is 1. The molecule has 2 atom stereocenters. The first kappa shape index (κ1) is 30.9. The summed E-state index contributed by atoms with van der Waals surface area (Å²) in [4.78, 5) is 36.1. The third-order valence-electron chi connectivity index (χ3n) is 5.59. The molecule has 2 unspecified atom stereocenters. The molecule has 0 spiro atoms. The molecule has 2 amide bonds. The second-order valence-electron chi connectivity index (χ2n) is 8.79. The number of aliphatic hydroxyl groups excluding tert-OH is 2. The van der Waals surface area contributed by atoms with Crippen LogP contribution in [0.25, 0.3) is 0 Å². The lowest BCUT2D eigenvalue weighted by atomic mass is 10.1. The summed E-state index contributed by atoms with van der Waals surface area (Å²) in [5.74, 6) is -3.03. The van der Waals surface area contributed by atoms with E-state index in [1.165, 1.54) is 51.9 Å². The third kappa shape index (κ3) is 15.4. The highest BCUT2D eigenvalue weighted by atomic mass is 16.4. The largest absolute Gasteiger partial charge is 0.510 e. The van der Waals surface area contributed by atoms with Gasteiger partial charge in [-0.05, 0) is 19.8 Å². The number of hydrogen-bond donors (Lipinski definition) is 5. The maximum atomic E-state index is 12.5. The summed E-state index contributed by atoms with van der Waals surface area (Å²) < 4.78 is 0. The maximum Gasteiger partial charge on any atom is 0.328 e. The van der Waals surface area contributed by atoms with E-state index in [4.69, 9.17) is 5.11 Å². The van der Waals surface area contributed by atoms with E-state index < -0.39 is 29.9 Å². The average molecular weight is 471 g/mol. The van der Waals surface area contributed by atoms with Crippen molar-refractivity contribution in [3.63, 3.8) is 0 Å². The minimum Gasteiger partial charge on any atom is -0.510 e. The molecule has 0 fully saturated rings. The van der Waals surface area contributed by atoms with E-state index in [1.807, 2.05) is 6.92 Å². The molecule has 5 N–H and O–H groups in total. The number of allylic oxidation sites excluding steroid dienone is 1. The van der Waals surface area contributed by atoms with Crippen LogP contribution < -0.4 is 10.6 Å². The van der Waals surface area contributed by atoms with Gasteiger partial charge in [0.2, 0.25) is 5.91 Å². The quantitative estimate of drug-likeness (QED) is 0.0993. The zero-order valence-electron chi connectivity index (χ0n) is 20.8. The molecule has 0 aliphatic heterocycles. The van der Waals surface area contributed by atoms with Crippen molar-refractivity contribution >= 4 is 17.8 Å². The van der Waals surface area contributed by atoms with E-state index in [9.17, 15) is 24.6 Å². The van der Waals surface area contributed by atoms with Crippen LogP contribution in [0.15, 0.2) is 11.5 Å². The van der Waals surface area contributed by atoms with Crippen LogP contribution in [0.3, 0.4) is 0 Å². The van der Waals surface area contributed by atoms with Gasteiger partial charge in [-0.3, -0.25) is 9.59 Å². The number of aliphatic carboxylic acids is 1. The second-order valence-corrected chi connectivity index (χ2v) is 8.79. The van der Waals surface area contributed by atoms with E-state index in [2.05, 4.69) is 17.6 Å². The maximum absolute atomic E-state index is 12.5. The molecule has 8 nitrogen and oxygen atoms in total. The van der Waals surface area contributed by atoms with Crippen molar-refractivity contribution in [1.82, 2.24) is 10.6 Å². The molecule has 0 rings (SSSR count). The molecule has 0 aromatic heterocycles. The normalized spacial score (nSPS) is 13.7. The number of carbonyl (C=O) groups excluding carboxylic acids is 2. The molecule has 0 radical (unpaired) electrons. The summed E-state index contributed by atoms with van der Waals surface area (Å²) >= 11 is 0. The van der Waals surface area contributed by atoms with Gasteiger partial charge in [0.25, 0.3) is 5.91 Å². The number of hydrogen-bond acceptors (Lipinski definition) is 5. The lowest BCUT2D eigenvalue weighted by Crippen LogP contribution is -2.50. The van der Waals surface area contributed by atoms with Gasteiger partial charge in [0.15, 0.2) is 6.04 Å². The van der Waals surface area contributed by atoms with Crippen molar-refractivity contribution in [3.8, 4) is 0 Å². The van der Waals surface area contributed by atoms with Gasteiger partial charge in [-0.1, -0.05) is 84.5 Å². The zero-order chi connectivity index (χ0) is 25.1. The summed E-state index contributed by atoms with van der Waals surface area (Å²) in [5.41, 5.74) is -0.344. The van der Waals surface area contributed by atoms with E-state index in [-0.39, 0.29) is 24.3 Å². The fourth-order valence-corrected chi connectivity index (χ4v) is 3.48. The predicted octanol–water partition coefficient (Wildman–Crippen LogP) is 4.71. The van der Waals surface area contributed by atoms with Gasteiger partial charge in [0.1, 0.15) is 11.5 Å². The molecule has 0 aliphatic rings. The third-order valence-corrected chi connectivity index (χ3v) is 5.59. The van der Waals surface area contributed by atoms with Crippen molar-refractivity contribution in [2.75, 3.05) is 0 Å². The van der Waals surface area contributed by atoms with Crippen LogP contribution in [0, 0.1) is 0 Å². The van der Waals surface area contributed by atoms with Crippen LogP contribution >= 0.6 is 0 Å². The molecule has 0 saturated heterocycles. The minimum atomic E-state index is -1.55. The molecule has 0 saturated carbocycles. The van der Waals surface area contributed by atoms with Crippen LogP contribution in [-0.2, 0) is 14.4 Å². The Bertz CT molecular complexity index is 604. The van der Waals surface area contributed by atoms with Crippen molar-refractivity contribution in [2.24, 2.45) is 0 Å². The summed E-state index contributed by atoms with van der Waals surface area (Å²) in [7, 11) is 0. The number of nitrogens with one attached hydrogen (secondary N) is 2. The van der Waals surface area contributed by atoms with Crippen molar-refractivity contribution < 1.29 is 29.7 Å². The number of unbranched alkanes of at least 4 members (excludes halogenated alkanes) is 11. The second kappa shape index (κ2) is 19.4. The number of carbonyl (C=O) groups is 3. The van der Waals surface area contributed by atoms with Crippen molar-refractivity contribution in [3.05, 3.63) is 11.5 Å². The zero-order valence-corrected chi connectivity index (χ0v) is 20.8. The van der Waals surface area contributed by atoms with Crippen LogP contribution in [0.4, 0.5) is 0 Å². The SMILES string of the molecule is CCCCCCCCCCCCCC(=O)NC(C(=O)NC(C(=O)O)C(C)O)=C(O)CCCC. The molecule has 192 valence electrons.